The summed E-state index contributed by atoms with van der Waals surface area (Å²) >= 11 is 0. The molecule has 1 amide bonds. The van der Waals surface area contributed by atoms with Crippen molar-refractivity contribution in [3.8, 4) is 11.8 Å². The van der Waals surface area contributed by atoms with E-state index in [0.717, 1.165) is 23.0 Å². The second-order valence-corrected chi connectivity index (χ2v) is 5.67. The molecule has 0 aliphatic carbocycles. The number of nitrogens with zero attached hydrogens (tertiary/aromatic N) is 2. The highest BCUT2D eigenvalue weighted by Gasteiger charge is 2.37. The number of pyridine rings is 1. The van der Waals surface area contributed by atoms with Gasteiger partial charge in [-0.15, -0.1) is 0 Å². The second-order valence-electron chi connectivity index (χ2n) is 5.67. The van der Waals surface area contributed by atoms with Crippen LogP contribution in [0.1, 0.15) is 22.7 Å². The van der Waals surface area contributed by atoms with E-state index in [1.165, 1.54) is 0 Å². The van der Waals surface area contributed by atoms with E-state index in [-0.39, 0.29) is 0 Å². The fourth-order valence-electron chi connectivity index (χ4n) is 2.72. The maximum Gasteiger partial charge on any atom is 0.408 e. The van der Waals surface area contributed by atoms with E-state index in [0.29, 0.717) is 5.70 Å². The Morgan fingerprint density at radius 3 is 2.85 bits per heavy atom. The minimum atomic E-state index is -0.614. The largest absolute Gasteiger partial charge is 0.437 e. The molecular weight excluding hydrogens is 340 g/mol. The van der Waals surface area contributed by atoms with Gasteiger partial charge >= 0.3 is 6.09 Å². The first-order valence-electron chi connectivity index (χ1n) is 8.27. The third kappa shape index (κ3) is 4.41. The number of aromatic nitrogens is 1. The zero-order valence-corrected chi connectivity index (χ0v) is 14.5. The number of hydrogen-bond donors (Lipinski definition) is 2. The molecule has 1 aromatic carbocycles. The van der Waals surface area contributed by atoms with Gasteiger partial charge in [0.25, 0.3) is 0 Å². The minimum absolute atomic E-state index is 0.410. The van der Waals surface area contributed by atoms with Gasteiger partial charge in [-0.05, 0) is 35.9 Å². The van der Waals surface area contributed by atoms with E-state index < -0.39 is 18.2 Å². The third-order valence-corrected chi connectivity index (χ3v) is 3.87. The number of alkyl carbamates (subject to hydrolysis) is 1. The van der Waals surface area contributed by atoms with Crippen LogP contribution in [0.2, 0.25) is 0 Å². The Morgan fingerprint density at radius 1 is 1.30 bits per heavy atom. The van der Waals surface area contributed by atoms with Crippen LogP contribution < -0.4 is 11.1 Å². The number of benzene rings is 1. The van der Waals surface area contributed by atoms with Gasteiger partial charge in [0.1, 0.15) is 6.04 Å². The molecule has 0 radical (unpaired) electrons. The first-order chi connectivity index (χ1) is 13.2. The molecule has 0 unspecified atom stereocenters. The van der Waals surface area contributed by atoms with Gasteiger partial charge in [0.2, 0.25) is 0 Å². The monoisotopic (exact) mass is 358 g/mol. The number of nitrogens with two attached hydrogens (primary N) is 1. The van der Waals surface area contributed by atoms with Crippen molar-refractivity contribution in [1.82, 2.24) is 10.3 Å². The zero-order valence-electron chi connectivity index (χ0n) is 14.5. The summed E-state index contributed by atoms with van der Waals surface area (Å²) in [6.45, 7) is 3.66. The van der Waals surface area contributed by atoms with Gasteiger partial charge in [-0.25, -0.2) is 9.79 Å². The molecule has 0 saturated carbocycles. The molecule has 1 aromatic heterocycles. The lowest BCUT2D eigenvalue weighted by atomic mass is 9.98. The molecule has 134 valence electrons. The predicted octanol–water partition coefficient (Wildman–Crippen LogP) is 2.69. The molecule has 1 aliphatic heterocycles. The van der Waals surface area contributed by atoms with Gasteiger partial charge in [0, 0.05) is 23.5 Å². The highest BCUT2D eigenvalue weighted by atomic mass is 16.6. The average Bonchev–Trinajstić information content (AvgIpc) is 3.09. The fourth-order valence-corrected chi connectivity index (χ4v) is 2.72. The maximum absolute atomic E-state index is 11.8. The Bertz CT molecular complexity index is 955. The Hall–Kier alpha value is -3.85. The Morgan fingerprint density at radius 2 is 2.11 bits per heavy atom. The normalized spacial score (nSPS) is 19.1. The number of allylic oxidation sites excluding steroid dienone is 2. The number of hydrogen-bond acceptors (Lipinski definition) is 4. The number of rotatable bonds is 4. The molecule has 6 heteroatoms. The van der Waals surface area contributed by atoms with Crippen molar-refractivity contribution in [3.05, 3.63) is 89.9 Å². The van der Waals surface area contributed by atoms with Crippen molar-refractivity contribution in [1.29, 1.82) is 0 Å². The van der Waals surface area contributed by atoms with E-state index in [1.54, 1.807) is 24.5 Å². The van der Waals surface area contributed by atoms with Crippen molar-refractivity contribution < 1.29 is 9.53 Å². The number of ether oxygens (including phenoxy) is 1. The highest BCUT2D eigenvalue weighted by molar-refractivity contribution is 5.72. The standard InChI is InChI=1S/C21H18N4O2/c1-2-5-18(24-14-22)20-19(25-21(26)27-20)17-8-3-6-15(12-17)9-10-16-7-4-11-23-13-16/h2-8,11-14,19-20H,1H2,(H2,22,24)(H,25,26)/b18-5-/t19-,20-/m1/s1. The van der Waals surface area contributed by atoms with Crippen LogP contribution in [0.4, 0.5) is 4.79 Å². The van der Waals surface area contributed by atoms with Gasteiger partial charge in [0.05, 0.1) is 12.0 Å². The van der Waals surface area contributed by atoms with Crippen LogP contribution in [0.5, 0.6) is 0 Å². The zero-order chi connectivity index (χ0) is 19.1. The number of carbonyl (C=O) groups is 1. The predicted molar refractivity (Wildman–Crippen MR) is 104 cm³/mol. The molecule has 3 N–H and O–H groups in total. The molecule has 1 fully saturated rings. The Balaban J connectivity index is 1.91. The van der Waals surface area contributed by atoms with Crippen molar-refractivity contribution in [2.24, 2.45) is 10.7 Å². The molecule has 3 rings (SSSR count). The average molecular weight is 358 g/mol. The summed E-state index contributed by atoms with van der Waals surface area (Å²) in [6.07, 6.45) is 6.67. The van der Waals surface area contributed by atoms with Crippen molar-refractivity contribution in [2.45, 2.75) is 12.1 Å². The molecule has 6 nitrogen and oxygen atoms in total. The van der Waals surface area contributed by atoms with Gasteiger partial charge in [-0.3, -0.25) is 4.98 Å². The lowest BCUT2D eigenvalue weighted by Gasteiger charge is -2.17. The molecule has 27 heavy (non-hydrogen) atoms. The fraction of sp³-hybridized carbons (Fsp3) is 0.0952. The van der Waals surface area contributed by atoms with Crippen LogP contribution in [0.25, 0.3) is 0 Å². The molecule has 2 atom stereocenters. The summed E-state index contributed by atoms with van der Waals surface area (Å²) in [4.78, 5) is 20.0. The number of cyclic esters (lactones) is 1. The molecule has 0 spiro atoms. The number of aliphatic imine (C=N–C) groups is 1. The van der Waals surface area contributed by atoms with E-state index >= 15 is 0 Å². The van der Waals surface area contributed by atoms with Gasteiger partial charge in [0.15, 0.2) is 6.10 Å². The van der Waals surface area contributed by atoms with Crippen LogP contribution in [0, 0.1) is 11.8 Å². The van der Waals surface area contributed by atoms with Gasteiger partial charge in [-0.1, -0.05) is 36.6 Å². The molecule has 2 heterocycles. The van der Waals surface area contributed by atoms with Crippen molar-refractivity contribution in [3.63, 3.8) is 0 Å². The van der Waals surface area contributed by atoms with Gasteiger partial charge in [-0.2, -0.15) is 0 Å². The summed E-state index contributed by atoms with van der Waals surface area (Å²) in [5, 5.41) is 2.81. The van der Waals surface area contributed by atoms with Crippen molar-refractivity contribution in [2.75, 3.05) is 0 Å². The molecule has 0 bridgehead atoms. The van der Waals surface area contributed by atoms with Gasteiger partial charge < -0.3 is 15.8 Å². The van der Waals surface area contributed by atoms with E-state index in [1.807, 2.05) is 36.4 Å². The summed E-state index contributed by atoms with van der Waals surface area (Å²) in [6, 6.07) is 10.9. The first-order valence-corrected chi connectivity index (χ1v) is 8.27. The summed E-state index contributed by atoms with van der Waals surface area (Å²) in [7, 11) is 0. The SMILES string of the molecule is C=C/C=C(\N=C/N)[C@H]1OC(=O)N[C@@H]1c1cccc(C#Cc2cccnc2)c1. The van der Waals surface area contributed by atoms with Crippen LogP contribution in [-0.4, -0.2) is 23.5 Å². The Labute approximate surface area is 157 Å². The number of amides is 1. The molecular formula is C21H18N4O2. The van der Waals surface area contributed by atoms with Crippen LogP contribution in [-0.2, 0) is 4.74 Å². The maximum atomic E-state index is 11.8. The number of carbonyl (C=O) groups excluding carboxylic acids is 1. The third-order valence-electron chi connectivity index (χ3n) is 3.87. The van der Waals surface area contributed by atoms with Crippen molar-refractivity contribution >= 4 is 12.4 Å². The van der Waals surface area contributed by atoms with E-state index in [2.05, 4.69) is 33.7 Å². The van der Waals surface area contributed by atoms with Crippen LogP contribution >= 0.6 is 0 Å². The van der Waals surface area contributed by atoms with E-state index in [9.17, 15) is 4.79 Å². The quantitative estimate of drug-likeness (QED) is 0.381. The second kappa shape index (κ2) is 8.50. The topological polar surface area (TPSA) is 89.6 Å². The van der Waals surface area contributed by atoms with E-state index in [4.69, 9.17) is 10.5 Å². The minimum Gasteiger partial charge on any atom is -0.437 e. The molecule has 1 aliphatic rings. The van der Waals surface area contributed by atoms with Crippen LogP contribution in [0.15, 0.2) is 78.2 Å². The van der Waals surface area contributed by atoms with Crippen LogP contribution in [0.3, 0.4) is 0 Å². The lowest BCUT2D eigenvalue weighted by molar-refractivity contribution is 0.148. The summed E-state index contributed by atoms with van der Waals surface area (Å²) < 4.78 is 5.39. The smallest absolute Gasteiger partial charge is 0.408 e. The molecule has 1 saturated heterocycles. The summed E-state index contributed by atoms with van der Waals surface area (Å²) in [5.74, 6) is 6.17. The highest BCUT2D eigenvalue weighted by Crippen LogP contribution is 2.30. The molecule has 2 aromatic rings. The lowest BCUT2D eigenvalue weighted by Crippen LogP contribution is -2.24. The number of nitrogens with one attached hydrogen (secondary N) is 1. The summed E-state index contributed by atoms with van der Waals surface area (Å²) in [5.41, 5.74) is 8.41. The first kappa shape index (κ1) is 18.0. The Kier molecular flexibility index (Phi) is 5.65.